The van der Waals surface area contributed by atoms with E-state index in [4.69, 9.17) is 4.74 Å². The summed E-state index contributed by atoms with van der Waals surface area (Å²) in [5, 5.41) is 11.9. The molecule has 0 atom stereocenters. The van der Waals surface area contributed by atoms with Gasteiger partial charge in [-0.25, -0.2) is 4.39 Å². The van der Waals surface area contributed by atoms with Crippen molar-refractivity contribution in [3.05, 3.63) is 42.2 Å². The quantitative estimate of drug-likeness (QED) is 0.625. The minimum absolute atomic E-state index is 0.271. The molecule has 0 radical (unpaired) electrons. The molecule has 0 aliphatic carbocycles. The van der Waals surface area contributed by atoms with E-state index in [0.717, 1.165) is 15.0 Å². The Morgan fingerprint density at radius 1 is 1.50 bits per heavy atom. The van der Waals surface area contributed by atoms with Crippen LogP contribution in [0.3, 0.4) is 0 Å². The zero-order valence-electron chi connectivity index (χ0n) is 10.9. The van der Waals surface area contributed by atoms with Crippen molar-refractivity contribution < 1.29 is 9.13 Å². The minimum atomic E-state index is -0.271. The van der Waals surface area contributed by atoms with Gasteiger partial charge in [-0.05, 0) is 18.2 Å². The van der Waals surface area contributed by atoms with E-state index < -0.39 is 0 Å². The number of hydrogen-bond acceptors (Lipinski definition) is 6. The summed E-state index contributed by atoms with van der Waals surface area (Å²) in [7, 11) is 1.57. The molecule has 0 unspecified atom stereocenters. The van der Waals surface area contributed by atoms with Crippen LogP contribution in [0, 0.1) is 5.82 Å². The van der Waals surface area contributed by atoms with E-state index in [0.29, 0.717) is 18.0 Å². The third-order valence-electron chi connectivity index (χ3n) is 2.40. The van der Waals surface area contributed by atoms with Crippen LogP contribution >= 0.6 is 23.1 Å². The third kappa shape index (κ3) is 3.94. The van der Waals surface area contributed by atoms with Gasteiger partial charge < -0.3 is 10.1 Å². The van der Waals surface area contributed by atoms with Crippen molar-refractivity contribution in [2.75, 3.05) is 19.0 Å². The SMILES string of the molecule is C=CCNc1nnc(SCc2cc(F)ccc2OC)s1. The van der Waals surface area contributed by atoms with Crippen LogP contribution in [-0.2, 0) is 5.75 Å². The average molecular weight is 311 g/mol. The number of thioether (sulfide) groups is 1. The maximum atomic E-state index is 13.2. The second kappa shape index (κ2) is 7.25. The monoisotopic (exact) mass is 311 g/mol. The fraction of sp³-hybridized carbons (Fsp3) is 0.231. The lowest BCUT2D eigenvalue weighted by atomic mass is 10.2. The fourth-order valence-corrected chi connectivity index (χ4v) is 3.24. The number of rotatable bonds is 7. The normalized spacial score (nSPS) is 10.3. The van der Waals surface area contributed by atoms with E-state index in [1.807, 2.05) is 0 Å². The highest BCUT2D eigenvalue weighted by Crippen LogP contribution is 2.31. The standard InChI is InChI=1S/C13H14FN3OS2/c1-3-6-15-12-16-17-13(20-12)19-8-9-7-10(14)4-5-11(9)18-2/h3-5,7H,1,6,8H2,2H3,(H,15,16). The Labute approximate surface area is 125 Å². The van der Waals surface area contributed by atoms with E-state index in [1.54, 1.807) is 19.3 Å². The van der Waals surface area contributed by atoms with Crippen LogP contribution < -0.4 is 10.1 Å². The maximum Gasteiger partial charge on any atom is 0.206 e. The molecule has 0 amide bonds. The summed E-state index contributed by atoms with van der Waals surface area (Å²) in [6, 6.07) is 4.49. The summed E-state index contributed by atoms with van der Waals surface area (Å²) in [6.07, 6.45) is 1.76. The molecular weight excluding hydrogens is 297 g/mol. The third-order valence-corrected chi connectivity index (χ3v) is 4.46. The first-order valence-electron chi connectivity index (χ1n) is 5.86. The lowest BCUT2D eigenvalue weighted by Gasteiger charge is -2.06. The van der Waals surface area contributed by atoms with Gasteiger partial charge in [0.05, 0.1) is 7.11 Å². The van der Waals surface area contributed by atoms with Crippen LogP contribution in [-0.4, -0.2) is 23.9 Å². The van der Waals surface area contributed by atoms with E-state index in [9.17, 15) is 4.39 Å². The lowest BCUT2D eigenvalue weighted by molar-refractivity contribution is 0.410. The highest BCUT2D eigenvalue weighted by atomic mass is 32.2. The number of aromatic nitrogens is 2. The highest BCUT2D eigenvalue weighted by Gasteiger charge is 2.08. The molecule has 2 aromatic rings. The van der Waals surface area contributed by atoms with Crippen molar-refractivity contribution in [2.24, 2.45) is 0 Å². The molecule has 1 aromatic heterocycles. The van der Waals surface area contributed by atoms with Gasteiger partial charge in [-0.15, -0.1) is 16.8 Å². The minimum Gasteiger partial charge on any atom is -0.496 e. The van der Waals surface area contributed by atoms with Gasteiger partial charge in [-0.1, -0.05) is 29.2 Å². The Bertz CT molecular complexity index is 589. The summed E-state index contributed by atoms with van der Waals surface area (Å²) in [5.74, 6) is 0.984. The zero-order valence-corrected chi connectivity index (χ0v) is 12.6. The fourth-order valence-electron chi connectivity index (χ4n) is 1.50. The van der Waals surface area contributed by atoms with Crippen molar-refractivity contribution >= 4 is 28.2 Å². The molecule has 1 N–H and O–H groups in total. The van der Waals surface area contributed by atoms with Gasteiger partial charge >= 0.3 is 0 Å². The topological polar surface area (TPSA) is 47.0 Å². The number of halogens is 1. The van der Waals surface area contributed by atoms with Crippen molar-refractivity contribution in [1.82, 2.24) is 10.2 Å². The van der Waals surface area contributed by atoms with Gasteiger partial charge in [0.25, 0.3) is 0 Å². The van der Waals surface area contributed by atoms with Crippen molar-refractivity contribution in [2.45, 2.75) is 10.1 Å². The smallest absolute Gasteiger partial charge is 0.206 e. The van der Waals surface area contributed by atoms with Gasteiger partial charge in [0.2, 0.25) is 5.13 Å². The van der Waals surface area contributed by atoms with Gasteiger partial charge in [0.15, 0.2) is 4.34 Å². The van der Waals surface area contributed by atoms with E-state index >= 15 is 0 Å². The number of hydrogen-bond donors (Lipinski definition) is 1. The number of nitrogens with zero attached hydrogens (tertiary/aromatic N) is 2. The first-order chi connectivity index (χ1) is 9.72. The number of nitrogens with one attached hydrogen (secondary N) is 1. The lowest BCUT2D eigenvalue weighted by Crippen LogP contribution is -1.96. The average Bonchev–Trinajstić information content (AvgIpc) is 2.91. The number of methoxy groups -OCH3 is 1. The van der Waals surface area contributed by atoms with Crippen molar-refractivity contribution in [3.8, 4) is 5.75 Å². The molecule has 1 heterocycles. The van der Waals surface area contributed by atoms with Crippen LogP contribution in [0.4, 0.5) is 9.52 Å². The zero-order chi connectivity index (χ0) is 14.4. The first kappa shape index (κ1) is 14.8. The second-order valence-corrected chi connectivity index (χ2v) is 5.99. The molecule has 0 saturated heterocycles. The molecule has 0 bridgehead atoms. The number of ether oxygens (including phenoxy) is 1. The van der Waals surface area contributed by atoms with Gasteiger partial charge in [0.1, 0.15) is 11.6 Å². The van der Waals surface area contributed by atoms with Crippen LogP contribution in [0.25, 0.3) is 0 Å². The molecule has 0 aliphatic heterocycles. The Balaban J connectivity index is 1.99. The molecule has 0 spiro atoms. The number of anilines is 1. The molecule has 4 nitrogen and oxygen atoms in total. The Morgan fingerprint density at radius 2 is 2.35 bits per heavy atom. The highest BCUT2D eigenvalue weighted by molar-refractivity contribution is 8.00. The maximum absolute atomic E-state index is 13.2. The van der Waals surface area contributed by atoms with Crippen molar-refractivity contribution in [3.63, 3.8) is 0 Å². The molecule has 106 valence electrons. The second-order valence-electron chi connectivity index (χ2n) is 3.79. The van der Waals surface area contributed by atoms with E-state index in [-0.39, 0.29) is 5.82 Å². The van der Waals surface area contributed by atoms with Crippen LogP contribution in [0.1, 0.15) is 5.56 Å². The molecule has 0 aliphatic rings. The molecule has 2 rings (SSSR count). The van der Waals surface area contributed by atoms with E-state index in [2.05, 4.69) is 22.1 Å². The molecular formula is C13H14FN3OS2. The molecule has 7 heteroatoms. The van der Waals surface area contributed by atoms with Gasteiger partial charge in [-0.3, -0.25) is 0 Å². The first-order valence-corrected chi connectivity index (χ1v) is 7.66. The summed E-state index contributed by atoms with van der Waals surface area (Å²) in [5.41, 5.74) is 0.799. The number of benzene rings is 1. The predicted molar refractivity (Wildman–Crippen MR) is 81.1 cm³/mol. The van der Waals surface area contributed by atoms with Crippen LogP contribution in [0.15, 0.2) is 35.2 Å². The van der Waals surface area contributed by atoms with Gasteiger partial charge in [0, 0.05) is 17.9 Å². The Morgan fingerprint density at radius 3 is 3.10 bits per heavy atom. The van der Waals surface area contributed by atoms with Crippen LogP contribution in [0.5, 0.6) is 5.75 Å². The molecule has 0 saturated carbocycles. The summed E-state index contributed by atoms with van der Waals surface area (Å²) >= 11 is 2.96. The van der Waals surface area contributed by atoms with E-state index in [1.165, 1.54) is 35.2 Å². The summed E-state index contributed by atoms with van der Waals surface area (Å²) in [6.45, 7) is 4.28. The van der Waals surface area contributed by atoms with Crippen LogP contribution in [0.2, 0.25) is 0 Å². The Kier molecular flexibility index (Phi) is 5.37. The largest absolute Gasteiger partial charge is 0.496 e. The molecule has 0 fully saturated rings. The predicted octanol–water partition coefficient (Wildman–Crippen LogP) is 3.58. The summed E-state index contributed by atoms with van der Waals surface area (Å²) < 4.78 is 19.3. The molecule has 20 heavy (non-hydrogen) atoms. The summed E-state index contributed by atoms with van der Waals surface area (Å²) in [4.78, 5) is 0. The van der Waals surface area contributed by atoms with Crippen molar-refractivity contribution in [1.29, 1.82) is 0 Å². The van der Waals surface area contributed by atoms with Gasteiger partial charge in [-0.2, -0.15) is 0 Å². The molecule has 1 aromatic carbocycles. The Hall–Kier alpha value is -1.60.